The number of nitrogens with zero attached hydrogens (tertiary/aromatic N) is 1. The van der Waals surface area contributed by atoms with Crippen LogP contribution in [0.5, 0.6) is 5.75 Å². The zero-order valence-electron chi connectivity index (χ0n) is 9.56. The van der Waals surface area contributed by atoms with E-state index in [1.54, 1.807) is 14.2 Å². The molecular formula is C11H17N3O2. The van der Waals surface area contributed by atoms with Crippen LogP contribution in [0.2, 0.25) is 0 Å². The van der Waals surface area contributed by atoms with E-state index in [2.05, 4.69) is 10.3 Å². The van der Waals surface area contributed by atoms with Gasteiger partial charge < -0.3 is 20.5 Å². The summed E-state index contributed by atoms with van der Waals surface area (Å²) in [4.78, 5) is 4.09. The average Bonchev–Trinajstić information content (AvgIpc) is 2.30. The molecule has 1 aromatic rings. The molecule has 0 aliphatic rings. The molecule has 0 spiro atoms. The van der Waals surface area contributed by atoms with Crippen LogP contribution in [0.1, 0.15) is 0 Å². The topological polar surface area (TPSA) is 68.9 Å². The molecule has 3 N–H and O–H groups in total. The van der Waals surface area contributed by atoms with Gasteiger partial charge in [-0.1, -0.05) is 12.1 Å². The Balaban J connectivity index is 2.61. The summed E-state index contributed by atoms with van der Waals surface area (Å²) in [5.41, 5.74) is 6.49. The largest absolute Gasteiger partial charge is 0.495 e. The molecule has 1 aromatic carbocycles. The summed E-state index contributed by atoms with van der Waals surface area (Å²) in [6, 6.07) is 7.51. The lowest BCUT2D eigenvalue weighted by molar-refractivity contribution is 0.208. The van der Waals surface area contributed by atoms with Crippen molar-refractivity contribution in [2.24, 2.45) is 10.7 Å². The number of nitrogens with two attached hydrogens (primary N) is 1. The third-order valence-corrected chi connectivity index (χ3v) is 1.95. The standard InChI is InChI=1S/C11H17N3O2/c1-15-8-7-13-11(12)14-9-5-3-4-6-10(9)16-2/h3-6H,7-8H2,1-2H3,(H3,12,13,14). The van der Waals surface area contributed by atoms with Gasteiger partial charge in [0.05, 0.1) is 25.9 Å². The highest BCUT2D eigenvalue weighted by Gasteiger charge is 2.01. The second kappa shape index (κ2) is 6.68. The first-order valence-electron chi connectivity index (χ1n) is 4.97. The van der Waals surface area contributed by atoms with E-state index in [1.165, 1.54) is 0 Å². The molecule has 0 saturated heterocycles. The maximum Gasteiger partial charge on any atom is 0.193 e. The van der Waals surface area contributed by atoms with Crippen LogP contribution in [0.25, 0.3) is 0 Å². The molecule has 0 unspecified atom stereocenters. The van der Waals surface area contributed by atoms with Gasteiger partial charge >= 0.3 is 0 Å². The van der Waals surface area contributed by atoms with E-state index in [4.69, 9.17) is 15.2 Å². The molecule has 5 heteroatoms. The molecule has 0 atom stereocenters. The fourth-order valence-corrected chi connectivity index (χ4v) is 1.18. The van der Waals surface area contributed by atoms with Gasteiger partial charge in [0.2, 0.25) is 0 Å². The summed E-state index contributed by atoms with van der Waals surface area (Å²) in [7, 11) is 3.23. The SMILES string of the molecule is COCCN=C(N)Nc1ccccc1OC. The van der Waals surface area contributed by atoms with E-state index in [9.17, 15) is 0 Å². The van der Waals surface area contributed by atoms with Crippen LogP contribution in [0.3, 0.4) is 0 Å². The minimum atomic E-state index is 0.349. The van der Waals surface area contributed by atoms with E-state index in [1.807, 2.05) is 24.3 Å². The summed E-state index contributed by atoms with van der Waals surface area (Å²) < 4.78 is 10.0. The highest BCUT2D eigenvalue weighted by molar-refractivity contribution is 5.93. The monoisotopic (exact) mass is 223 g/mol. The zero-order chi connectivity index (χ0) is 11.8. The van der Waals surface area contributed by atoms with Gasteiger partial charge in [0.15, 0.2) is 5.96 Å². The Labute approximate surface area is 95.3 Å². The lowest BCUT2D eigenvalue weighted by Crippen LogP contribution is -2.23. The van der Waals surface area contributed by atoms with Crippen LogP contribution >= 0.6 is 0 Å². The molecule has 0 saturated carbocycles. The summed E-state index contributed by atoms with van der Waals surface area (Å²) in [6.45, 7) is 1.08. The molecule has 0 heterocycles. The van der Waals surface area contributed by atoms with Crippen molar-refractivity contribution in [1.82, 2.24) is 0 Å². The second-order valence-electron chi connectivity index (χ2n) is 3.09. The summed E-state index contributed by atoms with van der Waals surface area (Å²) in [5.74, 6) is 1.08. The molecule has 0 radical (unpaired) electrons. The van der Waals surface area contributed by atoms with Gasteiger partial charge in [-0.15, -0.1) is 0 Å². The predicted molar refractivity (Wildman–Crippen MR) is 65.0 cm³/mol. The van der Waals surface area contributed by atoms with Gasteiger partial charge in [0.1, 0.15) is 5.75 Å². The van der Waals surface area contributed by atoms with Crippen LogP contribution in [-0.4, -0.2) is 33.3 Å². The van der Waals surface area contributed by atoms with Gasteiger partial charge in [-0.3, -0.25) is 4.99 Å². The van der Waals surface area contributed by atoms with E-state index in [-0.39, 0.29) is 0 Å². The number of hydrogen-bond acceptors (Lipinski definition) is 3. The molecule has 0 fully saturated rings. The Morgan fingerprint density at radius 3 is 2.81 bits per heavy atom. The number of guanidine groups is 1. The van der Waals surface area contributed by atoms with Crippen LogP contribution < -0.4 is 15.8 Å². The van der Waals surface area contributed by atoms with Crippen LogP contribution in [0, 0.1) is 0 Å². The van der Waals surface area contributed by atoms with Gasteiger partial charge in [-0.05, 0) is 12.1 Å². The third-order valence-electron chi connectivity index (χ3n) is 1.95. The van der Waals surface area contributed by atoms with Crippen molar-refractivity contribution in [3.8, 4) is 5.75 Å². The third kappa shape index (κ3) is 3.78. The number of benzene rings is 1. The number of aliphatic imine (C=N–C) groups is 1. The van der Waals surface area contributed by atoms with E-state index < -0.39 is 0 Å². The van der Waals surface area contributed by atoms with Crippen LogP contribution in [0.15, 0.2) is 29.3 Å². The predicted octanol–water partition coefficient (Wildman–Crippen LogP) is 1.07. The van der Waals surface area contributed by atoms with Crippen molar-refractivity contribution in [2.75, 3.05) is 32.7 Å². The van der Waals surface area contributed by atoms with Crippen molar-refractivity contribution in [3.05, 3.63) is 24.3 Å². The lowest BCUT2D eigenvalue weighted by Gasteiger charge is -2.09. The number of para-hydroxylation sites is 2. The molecule has 5 nitrogen and oxygen atoms in total. The van der Waals surface area contributed by atoms with Gasteiger partial charge in [0.25, 0.3) is 0 Å². The Kier molecular flexibility index (Phi) is 5.15. The summed E-state index contributed by atoms with van der Waals surface area (Å²) >= 11 is 0. The Morgan fingerprint density at radius 2 is 2.12 bits per heavy atom. The number of rotatable bonds is 5. The van der Waals surface area contributed by atoms with Crippen molar-refractivity contribution < 1.29 is 9.47 Å². The molecule has 0 bridgehead atoms. The first-order chi connectivity index (χ1) is 7.77. The normalized spacial score (nSPS) is 11.2. The minimum absolute atomic E-state index is 0.349. The molecule has 88 valence electrons. The number of methoxy groups -OCH3 is 2. The maximum absolute atomic E-state index is 5.70. The fraction of sp³-hybridized carbons (Fsp3) is 0.364. The van der Waals surface area contributed by atoms with Crippen LogP contribution in [0.4, 0.5) is 5.69 Å². The summed E-state index contributed by atoms with van der Waals surface area (Å²) in [6.07, 6.45) is 0. The Hall–Kier alpha value is -1.75. The highest BCUT2D eigenvalue weighted by Crippen LogP contribution is 2.22. The quantitative estimate of drug-likeness (QED) is 0.445. The minimum Gasteiger partial charge on any atom is -0.495 e. The molecule has 0 amide bonds. The maximum atomic E-state index is 5.70. The smallest absolute Gasteiger partial charge is 0.193 e. The average molecular weight is 223 g/mol. The molecular weight excluding hydrogens is 206 g/mol. The number of nitrogens with one attached hydrogen (secondary N) is 1. The van der Waals surface area contributed by atoms with Crippen molar-refractivity contribution >= 4 is 11.6 Å². The van der Waals surface area contributed by atoms with Crippen molar-refractivity contribution in [3.63, 3.8) is 0 Å². The summed E-state index contributed by atoms with van der Waals surface area (Å²) in [5, 5.41) is 2.97. The molecule has 0 aromatic heterocycles. The fourth-order valence-electron chi connectivity index (χ4n) is 1.18. The lowest BCUT2D eigenvalue weighted by atomic mass is 10.3. The Morgan fingerprint density at radius 1 is 1.38 bits per heavy atom. The van der Waals surface area contributed by atoms with Crippen LogP contribution in [-0.2, 0) is 4.74 Å². The zero-order valence-corrected chi connectivity index (χ0v) is 9.56. The van der Waals surface area contributed by atoms with E-state index in [0.29, 0.717) is 19.1 Å². The van der Waals surface area contributed by atoms with Crippen molar-refractivity contribution in [2.45, 2.75) is 0 Å². The molecule has 0 aliphatic carbocycles. The first-order valence-corrected chi connectivity index (χ1v) is 4.97. The molecule has 0 aliphatic heterocycles. The number of anilines is 1. The van der Waals surface area contributed by atoms with Crippen molar-refractivity contribution in [1.29, 1.82) is 0 Å². The second-order valence-corrected chi connectivity index (χ2v) is 3.09. The number of hydrogen-bond donors (Lipinski definition) is 2. The first kappa shape index (κ1) is 12.3. The molecule has 16 heavy (non-hydrogen) atoms. The highest BCUT2D eigenvalue weighted by atomic mass is 16.5. The van der Waals surface area contributed by atoms with E-state index in [0.717, 1.165) is 11.4 Å². The van der Waals surface area contributed by atoms with E-state index >= 15 is 0 Å². The number of ether oxygens (including phenoxy) is 2. The Bertz CT molecular complexity index is 353. The van der Waals surface area contributed by atoms with Gasteiger partial charge in [-0.2, -0.15) is 0 Å². The van der Waals surface area contributed by atoms with Gasteiger partial charge in [0, 0.05) is 7.11 Å². The molecule has 1 rings (SSSR count). The van der Waals surface area contributed by atoms with Gasteiger partial charge in [-0.25, -0.2) is 0 Å².